The zero-order chi connectivity index (χ0) is 27.7. The lowest BCUT2D eigenvalue weighted by molar-refractivity contribution is -0.139. The van der Waals surface area contributed by atoms with Gasteiger partial charge in [-0.1, -0.05) is 23.7 Å². The van der Waals surface area contributed by atoms with Crippen molar-refractivity contribution in [3.05, 3.63) is 89.1 Å². The first-order chi connectivity index (χ1) is 18.7. The van der Waals surface area contributed by atoms with Gasteiger partial charge in [-0.25, -0.2) is 8.78 Å². The quantitative estimate of drug-likeness (QED) is 0.330. The Balaban J connectivity index is 1.36. The molecule has 2 aromatic carbocycles. The number of nitrogens with zero attached hydrogens (tertiary/aromatic N) is 3. The van der Waals surface area contributed by atoms with Crippen LogP contribution in [-0.4, -0.2) is 50.8 Å². The first-order valence-corrected chi connectivity index (χ1v) is 12.8. The molecule has 39 heavy (non-hydrogen) atoms. The fourth-order valence-corrected chi connectivity index (χ4v) is 5.23. The van der Waals surface area contributed by atoms with Crippen molar-refractivity contribution >= 4 is 40.1 Å². The standard InChI is InChI=1S/C29H25ClF2N4O3/c1-17(37)25-15-35(26-5-4-19(9-24(25)26)20-3-2-6-33-13-20)16-28(38)36-14-23(32)11-27(36)29(39)34-12-18-7-21(30)10-22(31)8-18/h2-10,13,15,23,27H,11-12,14,16H2,1H3,(H,34,39)/t23-,27+/m1/s1. The number of alkyl halides is 1. The number of benzene rings is 2. The summed E-state index contributed by atoms with van der Waals surface area (Å²) in [5.41, 5.74) is 3.33. The molecule has 2 atom stereocenters. The summed E-state index contributed by atoms with van der Waals surface area (Å²) in [5.74, 6) is -1.68. The number of hydrogen-bond donors (Lipinski definition) is 1. The van der Waals surface area contributed by atoms with Gasteiger partial charge >= 0.3 is 0 Å². The lowest BCUT2D eigenvalue weighted by atomic mass is 10.0. The minimum atomic E-state index is -1.36. The number of likely N-dealkylation sites (tertiary alicyclic amines) is 1. The van der Waals surface area contributed by atoms with Crippen LogP contribution in [0.5, 0.6) is 0 Å². The topological polar surface area (TPSA) is 84.3 Å². The summed E-state index contributed by atoms with van der Waals surface area (Å²) in [7, 11) is 0. The molecule has 2 aromatic heterocycles. The molecule has 0 radical (unpaired) electrons. The first kappa shape index (κ1) is 26.5. The van der Waals surface area contributed by atoms with Gasteiger partial charge in [-0.2, -0.15) is 0 Å². The maximum Gasteiger partial charge on any atom is 0.243 e. The van der Waals surface area contributed by atoms with Gasteiger partial charge in [0.05, 0.1) is 6.54 Å². The Hall–Kier alpha value is -4.11. The highest BCUT2D eigenvalue weighted by Gasteiger charge is 2.39. The van der Waals surface area contributed by atoms with Crippen molar-refractivity contribution in [3.8, 4) is 11.1 Å². The number of pyridine rings is 1. The van der Waals surface area contributed by atoms with Gasteiger partial charge in [-0.15, -0.1) is 0 Å². The smallest absolute Gasteiger partial charge is 0.243 e. The Morgan fingerprint density at radius 1 is 1.13 bits per heavy atom. The van der Waals surface area contributed by atoms with Gasteiger partial charge < -0.3 is 14.8 Å². The predicted octanol–water partition coefficient (Wildman–Crippen LogP) is 4.95. The minimum absolute atomic E-state index is 0.0186. The highest BCUT2D eigenvalue weighted by molar-refractivity contribution is 6.30. The molecule has 200 valence electrons. The van der Waals surface area contributed by atoms with Crippen LogP contribution in [0.3, 0.4) is 0 Å². The monoisotopic (exact) mass is 550 g/mol. The van der Waals surface area contributed by atoms with E-state index in [0.717, 1.165) is 17.2 Å². The van der Waals surface area contributed by atoms with Gasteiger partial charge in [0.2, 0.25) is 11.8 Å². The van der Waals surface area contributed by atoms with Crippen molar-refractivity contribution in [1.29, 1.82) is 0 Å². The second kappa shape index (κ2) is 10.9. The van der Waals surface area contributed by atoms with Crippen molar-refractivity contribution in [2.75, 3.05) is 6.54 Å². The summed E-state index contributed by atoms with van der Waals surface area (Å²) in [6.45, 7) is 1.05. The molecule has 0 spiro atoms. The third kappa shape index (κ3) is 5.68. The van der Waals surface area contributed by atoms with E-state index in [1.165, 1.54) is 24.0 Å². The molecule has 10 heteroatoms. The maximum absolute atomic E-state index is 14.4. The summed E-state index contributed by atoms with van der Waals surface area (Å²) in [4.78, 5) is 44.1. The van der Waals surface area contributed by atoms with E-state index in [-0.39, 0.29) is 36.9 Å². The minimum Gasteiger partial charge on any atom is -0.350 e. The van der Waals surface area contributed by atoms with E-state index in [9.17, 15) is 23.2 Å². The van der Waals surface area contributed by atoms with Gasteiger partial charge in [0.15, 0.2) is 5.78 Å². The first-order valence-electron chi connectivity index (χ1n) is 12.4. The number of hydrogen-bond acceptors (Lipinski definition) is 4. The van der Waals surface area contributed by atoms with Crippen LogP contribution < -0.4 is 5.32 Å². The van der Waals surface area contributed by atoms with Gasteiger partial charge in [-0.05, 0) is 54.4 Å². The number of carbonyl (C=O) groups is 3. The Kier molecular flexibility index (Phi) is 7.43. The van der Waals surface area contributed by atoms with Crippen LogP contribution in [0.4, 0.5) is 8.78 Å². The number of fused-ring (bicyclic) bond motifs is 1. The van der Waals surface area contributed by atoms with Crippen LogP contribution >= 0.6 is 11.6 Å². The summed E-state index contributed by atoms with van der Waals surface area (Å²) < 4.78 is 29.7. The van der Waals surface area contributed by atoms with E-state index in [1.807, 2.05) is 30.3 Å². The van der Waals surface area contributed by atoms with Crippen molar-refractivity contribution in [2.24, 2.45) is 0 Å². The molecule has 3 heterocycles. The van der Waals surface area contributed by atoms with Crippen LogP contribution in [0, 0.1) is 5.82 Å². The summed E-state index contributed by atoms with van der Waals surface area (Å²) in [5, 5.41) is 3.53. The average molecular weight is 551 g/mol. The SMILES string of the molecule is CC(=O)c1cn(CC(=O)N2C[C@H](F)C[C@H]2C(=O)NCc2cc(F)cc(Cl)c2)c2ccc(-c3cccnc3)cc12. The zero-order valence-electron chi connectivity index (χ0n) is 21.0. The molecule has 0 unspecified atom stereocenters. The number of nitrogens with one attached hydrogen (secondary N) is 1. The lowest BCUT2D eigenvalue weighted by Crippen LogP contribution is -2.46. The highest BCUT2D eigenvalue weighted by Crippen LogP contribution is 2.29. The molecule has 1 aliphatic heterocycles. The summed E-state index contributed by atoms with van der Waals surface area (Å²) >= 11 is 5.87. The van der Waals surface area contributed by atoms with Crippen molar-refractivity contribution in [1.82, 2.24) is 19.8 Å². The Labute approximate surface area is 228 Å². The molecule has 4 aromatic rings. The number of halogens is 3. The Bertz CT molecular complexity index is 1550. The fraction of sp³-hybridized carbons (Fsp3) is 0.241. The number of aromatic nitrogens is 2. The van der Waals surface area contributed by atoms with Crippen LogP contribution in [0.15, 0.2) is 67.1 Å². The van der Waals surface area contributed by atoms with Crippen LogP contribution in [-0.2, 0) is 22.7 Å². The number of amides is 2. The molecule has 5 rings (SSSR count). The van der Waals surface area contributed by atoms with Gasteiger partial charge in [0.25, 0.3) is 0 Å². The van der Waals surface area contributed by atoms with Gasteiger partial charge in [-0.3, -0.25) is 19.4 Å². The van der Waals surface area contributed by atoms with E-state index >= 15 is 0 Å². The van der Waals surface area contributed by atoms with Gasteiger partial charge in [0, 0.05) is 58.6 Å². The predicted molar refractivity (Wildman–Crippen MR) is 143 cm³/mol. The molecule has 2 amide bonds. The molecule has 1 saturated heterocycles. The Morgan fingerprint density at radius 3 is 2.67 bits per heavy atom. The van der Waals surface area contributed by atoms with Crippen LogP contribution in [0.2, 0.25) is 5.02 Å². The maximum atomic E-state index is 14.4. The molecule has 0 bridgehead atoms. The van der Waals surface area contributed by atoms with E-state index in [0.29, 0.717) is 22.0 Å². The molecular formula is C29H25ClF2N4O3. The Morgan fingerprint density at radius 2 is 1.95 bits per heavy atom. The number of rotatable bonds is 7. The van der Waals surface area contributed by atoms with Crippen molar-refractivity contribution in [3.63, 3.8) is 0 Å². The number of Topliss-reactive ketones (excluding diaryl/α,β-unsaturated/α-hetero) is 1. The molecule has 0 aliphatic carbocycles. The van der Waals surface area contributed by atoms with E-state index in [2.05, 4.69) is 10.3 Å². The third-order valence-corrected chi connectivity index (χ3v) is 7.04. The molecule has 1 aliphatic rings. The summed E-state index contributed by atoms with van der Waals surface area (Å²) in [6.07, 6.45) is 3.52. The second-order valence-corrected chi connectivity index (χ2v) is 10.0. The van der Waals surface area contributed by atoms with E-state index in [1.54, 1.807) is 23.2 Å². The van der Waals surface area contributed by atoms with Crippen molar-refractivity contribution < 1.29 is 23.2 Å². The lowest BCUT2D eigenvalue weighted by Gasteiger charge is -2.24. The molecular weight excluding hydrogens is 526 g/mol. The molecule has 7 nitrogen and oxygen atoms in total. The zero-order valence-corrected chi connectivity index (χ0v) is 21.8. The van der Waals surface area contributed by atoms with Gasteiger partial charge in [0.1, 0.15) is 24.6 Å². The fourth-order valence-electron chi connectivity index (χ4n) is 4.99. The molecule has 1 N–H and O–H groups in total. The largest absolute Gasteiger partial charge is 0.350 e. The normalized spacial score (nSPS) is 17.0. The van der Waals surface area contributed by atoms with E-state index < -0.39 is 29.8 Å². The molecule has 0 saturated carbocycles. The average Bonchev–Trinajstić information content (AvgIpc) is 3.48. The van der Waals surface area contributed by atoms with Crippen molar-refractivity contribution in [2.45, 2.75) is 38.6 Å². The second-order valence-electron chi connectivity index (χ2n) is 9.59. The summed E-state index contributed by atoms with van der Waals surface area (Å²) in [6, 6.07) is 12.2. The number of ketones is 1. The van der Waals surface area contributed by atoms with E-state index in [4.69, 9.17) is 11.6 Å². The number of carbonyl (C=O) groups excluding carboxylic acids is 3. The highest BCUT2D eigenvalue weighted by atomic mass is 35.5. The molecule has 1 fully saturated rings. The van der Waals surface area contributed by atoms with Crippen LogP contribution in [0.1, 0.15) is 29.3 Å². The third-order valence-electron chi connectivity index (χ3n) is 6.82. The van der Waals surface area contributed by atoms with Crippen LogP contribution in [0.25, 0.3) is 22.0 Å².